The Labute approximate surface area is 143 Å². The molecule has 2 saturated heterocycles. The molecule has 0 N–H and O–H groups in total. The largest absolute Gasteiger partial charge is 0.377 e. The zero-order valence-electron chi connectivity index (χ0n) is 14.3. The lowest BCUT2D eigenvalue weighted by Crippen LogP contribution is -2.34. The third kappa shape index (κ3) is 5.81. The summed E-state index contributed by atoms with van der Waals surface area (Å²) in [4.78, 5) is 2.31. The maximum atomic E-state index is 13.4. The quantitative estimate of drug-likeness (QED) is 0.648. The molecule has 0 radical (unpaired) electrons. The van der Waals surface area contributed by atoms with Crippen molar-refractivity contribution in [1.29, 1.82) is 0 Å². The maximum absolute atomic E-state index is 13.4. The maximum Gasteiger partial charge on any atom is 0.123 e. The van der Waals surface area contributed by atoms with Crippen molar-refractivity contribution in [2.45, 2.75) is 44.4 Å². The van der Waals surface area contributed by atoms with E-state index in [1.165, 1.54) is 6.07 Å². The van der Waals surface area contributed by atoms with Gasteiger partial charge in [0.2, 0.25) is 0 Å². The lowest BCUT2D eigenvalue weighted by Gasteiger charge is -2.25. The smallest absolute Gasteiger partial charge is 0.123 e. The molecule has 4 nitrogen and oxygen atoms in total. The van der Waals surface area contributed by atoms with E-state index in [-0.39, 0.29) is 18.0 Å². The van der Waals surface area contributed by atoms with Crippen LogP contribution in [0.1, 0.15) is 31.2 Å². The van der Waals surface area contributed by atoms with Crippen molar-refractivity contribution in [1.82, 2.24) is 4.90 Å². The summed E-state index contributed by atoms with van der Waals surface area (Å²) >= 11 is 0. The van der Waals surface area contributed by atoms with E-state index < -0.39 is 0 Å². The van der Waals surface area contributed by atoms with Crippen molar-refractivity contribution in [3.05, 3.63) is 35.6 Å². The number of nitrogens with zero attached hydrogens (tertiary/aromatic N) is 1. The van der Waals surface area contributed by atoms with E-state index in [1.54, 1.807) is 12.1 Å². The van der Waals surface area contributed by atoms with Crippen molar-refractivity contribution < 1.29 is 18.6 Å². The molecule has 0 amide bonds. The molecule has 1 aromatic carbocycles. The van der Waals surface area contributed by atoms with Gasteiger partial charge in [-0.05, 0) is 43.4 Å². The molecule has 0 aromatic heterocycles. The molecule has 5 heteroatoms. The van der Waals surface area contributed by atoms with Gasteiger partial charge in [-0.3, -0.25) is 4.90 Å². The monoisotopic (exact) mass is 337 g/mol. The van der Waals surface area contributed by atoms with Gasteiger partial charge in [0.15, 0.2) is 0 Å². The van der Waals surface area contributed by atoms with Crippen molar-refractivity contribution in [2.75, 3.05) is 39.5 Å². The van der Waals surface area contributed by atoms with Crippen LogP contribution < -0.4 is 0 Å². The van der Waals surface area contributed by atoms with Gasteiger partial charge in [-0.25, -0.2) is 4.39 Å². The van der Waals surface area contributed by atoms with E-state index in [2.05, 4.69) is 4.90 Å². The van der Waals surface area contributed by atoms with Gasteiger partial charge in [-0.2, -0.15) is 0 Å². The number of hydrogen-bond acceptors (Lipinski definition) is 4. The van der Waals surface area contributed by atoms with Crippen LogP contribution in [0, 0.1) is 5.82 Å². The van der Waals surface area contributed by atoms with Gasteiger partial charge >= 0.3 is 0 Å². The summed E-state index contributed by atoms with van der Waals surface area (Å²) < 4.78 is 30.5. The number of hydrogen-bond donors (Lipinski definition) is 0. The Morgan fingerprint density at radius 2 is 1.92 bits per heavy atom. The average Bonchev–Trinajstić information content (AvgIpc) is 3.25. The molecule has 0 spiro atoms. The van der Waals surface area contributed by atoms with Crippen LogP contribution in [0.3, 0.4) is 0 Å². The summed E-state index contributed by atoms with van der Waals surface area (Å²) in [7, 11) is 0. The van der Waals surface area contributed by atoms with Crippen LogP contribution >= 0.6 is 0 Å². The first-order valence-corrected chi connectivity index (χ1v) is 9.07. The second-order valence-electron chi connectivity index (χ2n) is 6.71. The summed E-state index contributed by atoms with van der Waals surface area (Å²) in [5.74, 6) is -0.181. The van der Waals surface area contributed by atoms with Crippen LogP contribution in [0.25, 0.3) is 0 Å². The zero-order valence-corrected chi connectivity index (χ0v) is 14.3. The standard InChI is InChI=1S/C19H28FNO3/c20-17-5-1-4-16(12-17)13-21(14-18-6-2-9-23-18)8-11-22-15-19-7-3-10-24-19/h1,4-5,12,18-19H,2-3,6-11,13-15H2. The minimum absolute atomic E-state index is 0.181. The first-order chi connectivity index (χ1) is 11.8. The third-order valence-corrected chi connectivity index (χ3v) is 4.66. The summed E-state index contributed by atoms with van der Waals surface area (Å²) in [6, 6.07) is 6.83. The molecule has 1 aromatic rings. The molecular weight excluding hydrogens is 309 g/mol. The molecule has 2 heterocycles. The first-order valence-electron chi connectivity index (χ1n) is 9.07. The molecular formula is C19H28FNO3. The fourth-order valence-electron chi connectivity index (χ4n) is 3.39. The molecule has 2 aliphatic rings. The molecule has 2 aliphatic heterocycles. The summed E-state index contributed by atoms with van der Waals surface area (Å²) in [6.45, 7) is 5.48. The van der Waals surface area contributed by atoms with Crippen molar-refractivity contribution in [3.63, 3.8) is 0 Å². The van der Waals surface area contributed by atoms with Gasteiger partial charge in [0.25, 0.3) is 0 Å². The van der Waals surface area contributed by atoms with E-state index in [0.29, 0.717) is 13.2 Å². The fourth-order valence-corrected chi connectivity index (χ4v) is 3.39. The van der Waals surface area contributed by atoms with E-state index in [4.69, 9.17) is 14.2 Å². The van der Waals surface area contributed by atoms with E-state index in [0.717, 1.165) is 64.1 Å². The predicted molar refractivity (Wildman–Crippen MR) is 90.4 cm³/mol. The Balaban J connectivity index is 1.46. The van der Waals surface area contributed by atoms with Crippen molar-refractivity contribution >= 4 is 0 Å². The van der Waals surface area contributed by atoms with Gasteiger partial charge in [-0.1, -0.05) is 12.1 Å². The Morgan fingerprint density at radius 1 is 1.12 bits per heavy atom. The van der Waals surface area contributed by atoms with Crippen molar-refractivity contribution in [2.24, 2.45) is 0 Å². The first kappa shape index (κ1) is 17.8. The highest BCUT2D eigenvalue weighted by Gasteiger charge is 2.20. The van der Waals surface area contributed by atoms with Crippen LogP contribution in [0.2, 0.25) is 0 Å². The molecule has 3 rings (SSSR count). The third-order valence-electron chi connectivity index (χ3n) is 4.66. The highest BCUT2D eigenvalue weighted by atomic mass is 19.1. The highest BCUT2D eigenvalue weighted by molar-refractivity contribution is 5.16. The van der Waals surface area contributed by atoms with Gasteiger partial charge in [0, 0.05) is 32.8 Å². The molecule has 0 bridgehead atoms. The van der Waals surface area contributed by atoms with Crippen LogP contribution in [0.5, 0.6) is 0 Å². The molecule has 134 valence electrons. The Kier molecular flexibility index (Phi) is 7.02. The highest BCUT2D eigenvalue weighted by Crippen LogP contribution is 2.16. The summed E-state index contributed by atoms with van der Waals surface area (Å²) in [5.41, 5.74) is 0.993. The lowest BCUT2D eigenvalue weighted by molar-refractivity contribution is 0.00383. The Morgan fingerprint density at radius 3 is 2.62 bits per heavy atom. The molecule has 2 fully saturated rings. The van der Waals surface area contributed by atoms with E-state index >= 15 is 0 Å². The molecule has 0 saturated carbocycles. The molecule has 2 atom stereocenters. The van der Waals surface area contributed by atoms with Crippen LogP contribution in [-0.2, 0) is 20.8 Å². The number of benzene rings is 1. The summed E-state index contributed by atoms with van der Waals surface area (Å²) in [6.07, 6.45) is 5.03. The molecule has 24 heavy (non-hydrogen) atoms. The number of ether oxygens (including phenoxy) is 3. The predicted octanol–water partition coefficient (Wildman–Crippen LogP) is 3.00. The van der Waals surface area contributed by atoms with Crippen molar-refractivity contribution in [3.8, 4) is 0 Å². The zero-order chi connectivity index (χ0) is 16.6. The second-order valence-corrected chi connectivity index (χ2v) is 6.71. The number of rotatable bonds is 9. The minimum Gasteiger partial charge on any atom is -0.377 e. The Bertz CT molecular complexity index is 487. The normalized spacial score (nSPS) is 24.1. The van der Waals surface area contributed by atoms with Gasteiger partial charge in [0.05, 0.1) is 25.4 Å². The second kappa shape index (κ2) is 9.47. The van der Waals surface area contributed by atoms with Crippen LogP contribution in [0.4, 0.5) is 4.39 Å². The lowest BCUT2D eigenvalue weighted by atomic mass is 10.2. The van der Waals surface area contributed by atoms with Gasteiger partial charge in [0.1, 0.15) is 5.82 Å². The van der Waals surface area contributed by atoms with Gasteiger partial charge < -0.3 is 14.2 Å². The van der Waals surface area contributed by atoms with E-state index in [9.17, 15) is 4.39 Å². The summed E-state index contributed by atoms with van der Waals surface area (Å²) in [5, 5.41) is 0. The molecule has 0 aliphatic carbocycles. The fraction of sp³-hybridized carbons (Fsp3) is 0.684. The van der Waals surface area contributed by atoms with Crippen LogP contribution in [-0.4, -0.2) is 56.6 Å². The van der Waals surface area contributed by atoms with Crippen LogP contribution in [0.15, 0.2) is 24.3 Å². The topological polar surface area (TPSA) is 30.9 Å². The molecule has 2 unspecified atom stereocenters. The van der Waals surface area contributed by atoms with Gasteiger partial charge in [-0.15, -0.1) is 0 Å². The number of halogens is 1. The Hall–Kier alpha value is -1.01. The average molecular weight is 337 g/mol. The minimum atomic E-state index is -0.181. The van der Waals surface area contributed by atoms with E-state index in [1.807, 2.05) is 6.07 Å². The SMILES string of the molecule is Fc1cccc(CN(CCOCC2CCCO2)CC2CCCO2)c1.